The third-order valence-corrected chi connectivity index (χ3v) is 2.40. The Hall–Kier alpha value is -1.57. The van der Waals surface area contributed by atoms with Crippen LogP contribution in [0.4, 0.5) is 0 Å². The van der Waals surface area contributed by atoms with Crippen molar-refractivity contribution < 1.29 is 9.21 Å². The first kappa shape index (κ1) is 9.97. The van der Waals surface area contributed by atoms with E-state index in [2.05, 4.69) is 0 Å². The molecule has 1 aromatic carbocycles. The third-order valence-electron chi connectivity index (χ3n) is 2.40. The Bertz CT molecular complexity index is 500. The molecule has 2 nitrogen and oxygen atoms in total. The average molecular weight is 202 g/mol. The molecular formula is C13H14O2. The van der Waals surface area contributed by atoms with E-state index in [-0.39, 0.29) is 11.2 Å². The lowest BCUT2D eigenvalue weighted by Gasteiger charge is -2.16. The molecule has 0 amide bonds. The summed E-state index contributed by atoms with van der Waals surface area (Å²) < 4.78 is 5.23. The SMILES string of the molecule is CC(C)(C)C(=O)c1ccc2occc2c1. The largest absolute Gasteiger partial charge is 0.464 e. The Morgan fingerprint density at radius 2 is 1.93 bits per heavy atom. The van der Waals surface area contributed by atoms with E-state index >= 15 is 0 Å². The summed E-state index contributed by atoms with van der Waals surface area (Å²) in [5.74, 6) is 0.158. The van der Waals surface area contributed by atoms with Crippen molar-refractivity contribution in [3.05, 3.63) is 36.1 Å². The van der Waals surface area contributed by atoms with E-state index in [1.54, 1.807) is 6.26 Å². The predicted molar refractivity (Wildman–Crippen MR) is 60.0 cm³/mol. The molecule has 0 aliphatic rings. The quantitative estimate of drug-likeness (QED) is 0.660. The lowest BCUT2D eigenvalue weighted by molar-refractivity contribution is 0.0858. The Labute approximate surface area is 88.9 Å². The van der Waals surface area contributed by atoms with Gasteiger partial charge in [0.2, 0.25) is 0 Å². The van der Waals surface area contributed by atoms with Gasteiger partial charge >= 0.3 is 0 Å². The first-order valence-corrected chi connectivity index (χ1v) is 5.00. The van der Waals surface area contributed by atoms with E-state index < -0.39 is 0 Å². The molecule has 0 spiro atoms. The molecule has 0 N–H and O–H groups in total. The van der Waals surface area contributed by atoms with Gasteiger partial charge in [0.1, 0.15) is 5.58 Å². The fourth-order valence-electron chi connectivity index (χ4n) is 1.54. The van der Waals surface area contributed by atoms with E-state index in [4.69, 9.17) is 4.42 Å². The van der Waals surface area contributed by atoms with Crippen LogP contribution in [0.1, 0.15) is 31.1 Å². The number of hydrogen-bond donors (Lipinski definition) is 0. The molecule has 0 unspecified atom stereocenters. The Kier molecular flexibility index (Phi) is 2.14. The standard InChI is InChI=1S/C13H14O2/c1-13(2,3)12(14)10-4-5-11-9(8-10)6-7-15-11/h4-8H,1-3H3. The van der Waals surface area contributed by atoms with Crippen molar-refractivity contribution in [1.82, 2.24) is 0 Å². The summed E-state index contributed by atoms with van der Waals surface area (Å²) in [6.45, 7) is 5.78. The summed E-state index contributed by atoms with van der Waals surface area (Å²) in [6, 6.07) is 7.41. The number of carbonyl (C=O) groups is 1. The molecule has 1 aromatic heterocycles. The minimum absolute atomic E-state index is 0.158. The van der Waals surface area contributed by atoms with Crippen molar-refractivity contribution in [2.75, 3.05) is 0 Å². The molecule has 15 heavy (non-hydrogen) atoms. The van der Waals surface area contributed by atoms with Gasteiger partial charge in [0.25, 0.3) is 0 Å². The van der Waals surface area contributed by atoms with Crippen LogP contribution >= 0.6 is 0 Å². The van der Waals surface area contributed by atoms with Gasteiger partial charge in [-0.3, -0.25) is 4.79 Å². The molecule has 1 heterocycles. The molecule has 2 rings (SSSR count). The van der Waals surface area contributed by atoms with Crippen LogP contribution in [-0.2, 0) is 0 Å². The molecule has 0 saturated heterocycles. The van der Waals surface area contributed by atoms with Gasteiger partial charge in [-0.1, -0.05) is 20.8 Å². The highest BCUT2D eigenvalue weighted by Crippen LogP contribution is 2.24. The van der Waals surface area contributed by atoms with Crippen LogP contribution in [0, 0.1) is 5.41 Å². The molecule has 0 aliphatic carbocycles. The smallest absolute Gasteiger partial charge is 0.168 e. The lowest BCUT2D eigenvalue weighted by atomic mass is 9.86. The predicted octanol–water partition coefficient (Wildman–Crippen LogP) is 3.66. The van der Waals surface area contributed by atoms with E-state index in [1.807, 2.05) is 45.0 Å². The number of fused-ring (bicyclic) bond motifs is 1. The highest BCUT2D eigenvalue weighted by molar-refractivity contribution is 6.02. The monoisotopic (exact) mass is 202 g/mol. The number of carbonyl (C=O) groups excluding carboxylic acids is 1. The summed E-state index contributed by atoms with van der Waals surface area (Å²) in [4.78, 5) is 12.0. The third kappa shape index (κ3) is 1.80. The van der Waals surface area contributed by atoms with Gasteiger partial charge in [-0.2, -0.15) is 0 Å². The van der Waals surface area contributed by atoms with E-state index in [0.29, 0.717) is 0 Å². The Morgan fingerprint density at radius 1 is 1.20 bits per heavy atom. The second kappa shape index (κ2) is 3.23. The molecule has 2 heteroatoms. The number of Topliss-reactive ketones (excluding diaryl/α,β-unsaturated/α-hetero) is 1. The van der Waals surface area contributed by atoms with Crippen LogP contribution in [0.3, 0.4) is 0 Å². The fraction of sp³-hybridized carbons (Fsp3) is 0.308. The number of furan rings is 1. The Balaban J connectivity index is 2.49. The Morgan fingerprint density at radius 3 is 2.60 bits per heavy atom. The maximum Gasteiger partial charge on any atom is 0.168 e. The summed E-state index contributed by atoms with van der Waals surface area (Å²) >= 11 is 0. The molecule has 0 saturated carbocycles. The maximum absolute atomic E-state index is 12.0. The van der Waals surface area contributed by atoms with E-state index in [1.165, 1.54) is 0 Å². The summed E-state index contributed by atoms with van der Waals surface area (Å²) in [5, 5.41) is 0.977. The van der Waals surface area contributed by atoms with E-state index in [0.717, 1.165) is 16.5 Å². The van der Waals surface area contributed by atoms with Gasteiger partial charge in [-0.05, 0) is 24.3 Å². The van der Waals surface area contributed by atoms with Gasteiger partial charge < -0.3 is 4.42 Å². The highest BCUT2D eigenvalue weighted by Gasteiger charge is 2.22. The summed E-state index contributed by atoms with van der Waals surface area (Å²) in [5.41, 5.74) is 1.23. The van der Waals surface area contributed by atoms with Crippen molar-refractivity contribution in [1.29, 1.82) is 0 Å². The van der Waals surface area contributed by atoms with Gasteiger partial charge in [0.15, 0.2) is 5.78 Å². The van der Waals surface area contributed by atoms with Crippen molar-refractivity contribution in [3.63, 3.8) is 0 Å². The first-order chi connectivity index (χ1) is 6.98. The highest BCUT2D eigenvalue weighted by atomic mass is 16.3. The van der Waals surface area contributed by atoms with Crippen LogP contribution < -0.4 is 0 Å². The minimum Gasteiger partial charge on any atom is -0.464 e. The molecule has 0 aliphatic heterocycles. The molecule has 2 aromatic rings. The fourth-order valence-corrected chi connectivity index (χ4v) is 1.54. The molecular weight excluding hydrogens is 188 g/mol. The molecule has 0 atom stereocenters. The molecule has 0 fully saturated rings. The van der Waals surface area contributed by atoms with Crippen LogP contribution in [0.25, 0.3) is 11.0 Å². The molecule has 0 bridgehead atoms. The van der Waals surface area contributed by atoms with Crippen LogP contribution in [0.2, 0.25) is 0 Å². The first-order valence-electron chi connectivity index (χ1n) is 5.00. The van der Waals surface area contributed by atoms with Crippen LogP contribution in [0.15, 0.2) is 34.9 Å². The second-order valence-corrected chi connectivity index (χ2v) is 4.75. The maximum atomic E-state index is 12.0. The zero-order valence-electron chi connectivity index (χ0n) is 9.20. The second-order valence-electron chi connectivity index (χ2n) is 4.75. The normalized spacial score (nSPS) is 11.9. The van der Waals surface area contributed by atoms with Gasteiger partial charge in [-0.15, -0.1) is 0 Å². The van der Waals surface area contributed by atoms with Crippen LogP contribution in [-0.4, -0.2) is 5.78 Å². The van der Waals surface area contributed by atoms with Crippen LogP contribution in [0.5, 0.6) is 0 Å². The van der Waals surface area contributed by atoms with Crippen molar-refractivity contribution in [3.8, 4) is 0 Å². The molecule has 0 radical (unpaired) electrons. The topological polar surface area (TPSA) is 30.2 Å². The van der Waals surface area contributed by atoms with Gasteiger partial charge in [0, 0.05) is 16.4 Å². The average Bonchev–Trinajstić information content (AvgIpc) is 2.61. The molecule has 78 valence electrons. The van der Waals surface area contributed by atoms with Gasteiger partial charge in [0.05, 0.1) is 6.26 Å². The summed E-state index contributed by atoms with van der Waals surface area (Å²) in [7, 11) is 0. The lowest BCUT2D eigenvalue weighted by Crippen LogP contribution is -2.19. The zero-order chi connectivity index (χ0) is 11.1. The zero-order valence-corrected chi connectivity index (χ0v) is 9.20. The summed E-state index contributed by atoms with van der Waals surface area (Å²) in [6.07, 6.45) is 1.63. The minimum atomic E-state index is -0.336. The number of ketones is 1. The number of rotatable bonds is 1. The van der Waals surface area contributed by atoms with Crippen molar-refractivity contribution in [2.24, 2.45) is 5.41 Å². The van der Waals surface area contributed by atoms with Gasteiger partial charge in [-0.25, -0.2) is 0 Å². The van der Waals surface area contributed by atoms with E-state index in [9.17, 15) is 4.79 Å². The number of benzene rings is 1. The number of hydrogen-bond acceptors (Lipinski definition) is 2. The van der Waals surface area contributed by atoms with Crippen molar-refractivity contribution in [2.45, 2.75) is 20.8 Å². The van der Waals surface area contributed by atoms with Crippen molar-refractivity contribution >= 4 is 16.8 Å².